The molecule has 0 radical (unpaired) electrons. The Bertz CT molecular complexity index is 765. The molecule has 1 aromatic heterocycles. The van der Waals surface area contributed by atoms with Crippen LogP contribution in [-0.4, -0.2) is 52.8 Å². The number of nitrogens with zero attached hydrogens (tertiary/aromatic N) is 3. The third-order valence-electron chi connectivity index (χ3n) is 4.09. The molecule has 2 heterocycles. The van der Waals surface area contributed by atoms with E-state index in [-0.39, 0.29) is 17.6 Å². The van der Waals surface area contributed by atoms with Gasteiger partial charge in [0.05, 0.1) is 5.69 Å². The van der Waals surface area contributed by atoms with Gasteiger partial charge in [-0.25, -0.2) is 9.37 Å². The first-order chi connectivity index (χ1) is 11.5. The minimum Gasteiger partial charge on any atom is -0.339 e. The SMILES string of the molecule is CC(=O)N1CCN(C(=O)c2sc(-c3ccc(F)cc3)nc2C)CC1. The van der Waals surface area contributed by atoms with E-state index in [0.29, 0.717) is 41.8 Å². The zero-order valence-corrected chi connectivity index (χ0v) is 14.4. The summed E-state index contributed by atoms with van der Waals surface area (Å²) >= 11 is 1.32. The van der Waals surface area contributed by atoms with E-state index in [1.54, 1.807) is 28.9 Å². The molecule has 126 valence electrons. The lowest BCUT2D eigenvalue weighted by atomic mass is 10.2. The minimum absolute atomic E-state index is 0.0367. The van der Waals surface area contributed by atoms with Crippen LogP contribution in [0.1, 0.15) is 22.3 Å². The molecule has 0 spiro atoms. The second kappa shape index (κ2) is 6.68. The molecule has 1 aliphatic rings. The van der Waals surface area contributed by atoms with Crippen molar-refractivity contribution in [1.29, 1.82) is 0 Å². The lowest BCUT2D eigenvalue weighted by Gasteiger charge is -2.34. The van der Waals surface area contributed by atoms with Crippen LogP contribution < -0.4 is 0 Å². The van der Waals surface area contributed by atoms with Gasteiger partial charge >= 0.3 is 0 Å². The second-order valence-corrected chi connectivity index (χ2v) is 6.74. The van der Waals surface area contributed by atoms with Gasteiger partial charge in [-0.05, 0) is 31.2 Å². The van der Waals surface area contributed by atoms with E-state index >= 15 is 0 Å². The Labute approximate surface area is 143 Å². The topological polar surface area (TPSA) is 53.5 Å². The van der Waals surface area contributed by atoms with Crippen molar-refractivity contribution in [3.05, 3.63) is 40.7 Å². The summed E-state index contributed by atoms with van der Waals surface area (Å²) in [6.45, 7) is 5.53. The van der Waals surface area contributed by atoms with Gasteiger partial charge in [0, 0.05) is 38.7 Å². The lowest BCUT2D eigenvalue weighted by Crippen LogP contribution is -2.50. The molecule has 0 N–H and O–H groups in total. The maximum Gasteiger partial charge on any atom is 0.265 e. The van der Waals surface area contributed by atoms with Gasteiger partial charge in [0.25, 0.3) is 5.91 Å². The number of hydrogen-bond donors (Lipinski definition) is 0. The molecule has 0 bridgehead atoms. The fraction of sp³-hybridized carbons (Fsp3) is 0.353. The molecule has 1 saturated heterocycles. The van der Waals surface area contributed by atoms with Crippen LogP contribution in [0, 0.1) is 12.7 Å². The van der Waals surface area contributed by atoms with Crippen LogP contribution in [0.3, 0.4) is 0 Å². The fourth-order valence-electron chi connectivity index (χ4n) is 2.68. The average molecular weight is 347 g/mol. The molecule has 24 heavy (non-hydrogen) atoms. The summed E-state index contributed by atoms with van der Waals surface area (Å²) in [5, 5.41) is 0.707. The predicted octanol–water partition coefficient (Wildman–Crippen LogP) is 2.56. The number of thiazole rings is 1. The molecular formula is C17H18FN3O2S. The minimum atomic E-state index is -0.299. The third-order valence-corrected chi connectivity index (χ3v) is 5.29. The number of carbonyl (C=O) groups excluding carboxylic acids is 2. The maximum atomic E-state index is 13.0. The number of carbonyl (C=O) groups is 2. The molecule has 1 fully saturated rings. The molecule has 0 unspecified atom stereocenters. The summed E-state index contributed by atoms with van der Waals surface area (Å²) in [6.07, 6.45) is 0. The number of aromatic nitrogens is 1. The molecule has 2 aromatic rings. The first kappa shape index (κ1) is 16.6. The van der Waals surface area contributed by atoms with Crippen molar-refractivity contribution in [2.24, 2.45) is 0 Å². The van der Waals surface area contributed by atoms with Gasteiger partial charge in [-0.15, -0.1) is 11.3 Å². The van der Waals surface area contributed by atoms with Crippen molar-refractivity contribution in [2.75, 3.05) is 26.2 Å². The van der Waals surface area contributed by atoms with Crippen molar-refractivity contribution in [2.45, 2.75) is 13.8 Å². The van der Waals surface area contributed by atoms with E-state index < -0.39 is 0 Å². The van der Waals surface area contributed by atoms with Crippen LogP contribution in [0.2, 0.25) is 0 Å². The third kappa shape index (κ3) is 3.31. The quantitative estimate of drug-likeness (QED) is 0.839. The highest BCUT2D eigenvalue weighted by atomic mass is 32.1. The first-order valence-corrected chi connectivity index (χ1v) is 8.55. The number of hydrogen-bond acceptors (Lipinski definition) is 4. The Morgan fingerprint density at radius 2 is 1.67 bits per heavy atom. The van der Waals surface area contributed by atoms with Crippen LogP contribution in [0.4, 0.5) is 4.39 Å². The highest BCUT2D eigenvalue weighted by Gasteiger charge is 2.26. The lowest BCUT2D eigenvalue weighted by molar-refractivity contribution is -0.130. The zero-order valence-electron chi connectivity index (χ0n) is 13.6. The molecule has 5 nitrogen and oxygen atoms in total. The Morgan fingerprint density at radius 1 is 1.08 bits per heavy atom. The second-order valence-electron chi connectivity index (χ2n) is 5.74. The summed E-state index contributed by atoms with van der Waals surface area (Å²) in [5.74, 6) is -0.317. The van der Waals surface area contributed by atoms with Crippen LogP contribution in [0.5, 0.6) is 0 Å². The van der Waals surface area contributed by atoms with Gasteiger partial charge in [-0.1, -0.05) is 0 Å². The van der Waals surface area contributed by atoms with Crippen LogP contribution >= 0.6 is 11.3 Å². The summed E-state index contributed by atoms with van der Waals surface area (Å²) in [5.41, 5.74) is 1.48. The first-order valence-electron chi connectivity index (χ1n) is 7.74. The van der Waals surface area contributed by atoms with Gasteiger partial charge in [-0.3, -0.25) is 9.59 Å². The Kier molecular flexibility index (Phi) is 4.62. The van der Waals surface area contributed by atoms with E-state index in [0.717, 1.165) is 5.56 Å². The number of halogens is 1. The van der Waals surface area contributed by atoms with E-state index in [1.807, 2.05) is 6.92 Å². The van der Waals surface area contributed by atoms with Crippen LogP contribution in [0.25, 0.3) is 10.6 Å². The monoisotopic (exact) mass is 347 g/mol. The predicted molar refractivity (Wildman–Crippen MR) is 90.4 cm³/mol. The number of piperazine rings is 1. The molecule has 0 saturated carbocycles. The van der Waals surface area contributed by atoms with E-state index in [9.17, 15) is 14.0 Å². The summed E-state index contributed by atoms with van der Waals surface area (Å²) in [6, 6.07) is 6.09. The number of rotatable bonds is 2. The summed E-state index contributed by atoms with van der Waals surface area (Å²) < 4.78 is 13.0. The largest absolute Gasteiger partial charge is 0.339 e. The maximum absolute atomic E-state index is 13.0. The molecule has 1 aliphatic heterocycles. The number of amides is 2. The van der Waals surface area contributed by atoms with Crippen molar-refractivity contribution in [3.63, 3.8) is 0 Å². The van der Waals surface area contributed by atoms with Gasteiger partial charge in [0.2, 0.25) is 5.91 Å². The Hall–Kier alpha value is -2.28. The van der Waals surface area contributed by atoms with Crippen molar-refractivity contribution in [1.82, 2.24) is 14.8 Å². The smallest absolute Gasteiger partial charge is 0.265 e. The number of benzene rings is 1. The Balaban J connectivity index is 1.76. The highest BCUT2D eigenvalue weighted by Crippen LogP contribution is 2.29. The molecule has 2 amide bonds. The van der Waals surface area contributed by atoms with Crippen molar-refractivity contribution >= 4 is 23.2 Å². The van der Waals surface area contributed by atoms with E-state index in [2.05, 4.69) is 4.98 Å². The molecule has 0 aliphatic carbocycles. The Morgan fingerprint density at radius 3 is 2.25 bits per heavy atom. The van der Waals surface area contributed by atoms with E-state index in [4.69, 9.17) is 0 Å². The fourth-order valence-corrected chi connectivity index (χ4v) is 3.72. The van der Waals surface area contributed by atoms with Crippen LogP contribution in [0.15, 0.2) is 24.3 Å². The van der Waals surface area contributed by atoms with Gasteiger partial charge in [-0.2, -0.15) is 0 Å². The van der Waals surface area contributed by atoms with E-state index in [1.165, 1.54) is 23.5 Å². The van der Waals surface area contributed by atoms with Crippen LogP contribution in [-0.2, 0) is 4.79 Å². The molecular weight excluding hydrogens is 329 g/mol. The zero-order chi connectivity index (χ0) is 17.3. The molecule has 7 heteroatoms. The van der Waals surface area contributed by atoms with Gasteiger partial charge in [0.1, 0.15) is 15.7 Å². The number of aryl methyl sites for hydroxylation is 1. The summed E-state index contributed by atoms with van der Waals surface area (Å²) in [7, 11) is 0. The average Bonchev–Trinajstić information content (AvgIpc) is 2.96. The van der Waals surface area contributed by atoms with Crippen molar-refractivity contribution < 1.29 is 14.0 Å². The molecule has 3 rings (SSSR count). The normalized spacial score (nSPS) is 14.8. The summed E-state index contributed by atoms with van der Waals surface area (Å²) in [4.78, 5) is 32.7. The highest BCUT2D eigenvalue weighted by molar-refractivity contribution is 7.17. The van der Waals surface area contributed by atoms with Gasteiger partial charge in [0.15, 0.2) is 0 Å². The van der Waals surface area contributed by atoms with Crippen molar-refractivity contribution in [3.8, 4) is 10.6 Å². The van der Waals surface area contributed by atoms with Gasteiger partial charge < -0.3 is 9.80 Å². The standard InChI is InChI=1S/C17H18FN3O2S/c1-11-15(17(23)21-9-7-20(8-10-21)12(2)22)24-16(19-11)13-3-5-14(18)6-4-13/h3-6H,7-10H2,1-2H3. The molecule has 1 aromatic carbocycles. The molecule has 0 atom stereocenters.